The molecule has 4 heteroatoms. The van der Waals surface area contributed by atoms with Crippen molar-refractivity contribution in [3.63, 3.8) is 0 Å². The Morgan fingerprint density at radius 3 is 2.81 bits per heavy atom. The number of anilines is 1. The van der Waals surface area contributed by atoms with Crippen molar-refractivity contribution in [3.8, 4) is 0 Å². The molecule has 2 aromatic carbocycles. The van der Waals surface area contributed by atoms with E-state index in [9.17, 15) is 4.39 Å². The fraction of sp³-hybridized carbons (Fsp3) is 0.294. The van der Waals surface area contributed by atoms with Crippen LogP contribution in [0.5, 0.6) is 0 Å². The largest absolute Gasteiger partial charge is 0.363 e. The van der Waals surface area contributed by atoms with E-state index < -0.39 is 0 Å². The van der Waals surface area contributed by atoms with Gasteiger partial charge in [0, 0.05) is 23.2 Å². The molecule has 0 bridgehead atoms. The summed E-state index contributed by atoms with van der Waals surface area (Å²) in [6.07, 6.45) is 0.940. The van der Waals surface area contributed by atoms with E-state index in [0.29, 0.717) is 6.54 Å². The van der Waals surface area contributed by atoms with E-state index in [2.05, 4.69) is 46.0 Å². The Labute approximate surface area is 132 Å². The second-order valence-electron chi connectivity index (χ2n) is 5.49. The van der Waals surface area contributed by atoms with Crippen molar-refractivity contribution >= 4 is 21.6 Å². The van der Waals surface area contributed by atoms with Crippen molar-refractivity contribution in [3.05, 3.63) is 63.4 Å². The molecule has 0 spiro atoms. The highest BCUT2D eigenvalue weighted by atomic mass is 79.9. The summed E-state index contributed by atoms with van der Waals surface area (Å²) in [5.74, 6) is -0.195. The molecule has 1 atom stereocenters. The van der Waals surface area contributed by atoms with Gasteiger partial charge in [0.2, 0.25) is 0 Å². The number of hydrogen-bond acceptors (Lipinski definition) is 2. The summed E-state index contributed by atoms with van der Waals surface area (Å²) in [7, 11) is 0. The molecule has 0 saturated carbocycles. The Kier molecular flexibility index (Phi) is 4.00. The minimum atomic E-state index is -0.195. The minimum Gasteiger partial charge on any atom is -0.363 e. The highest BCUT2D eigenvalue weighted by Gasteiger charge is 2.27. The number of halogens is 2. The van der Waals surface area contributed by atoms with E-state index in [1.54, 1.807) is 6.07 Å². The number of nitrogens with two attached hydrogens (primary N) is 1. The van der Waals surface area contributed by atoms with E-state index in [1.165, 1.54) is 17.2 Å². The monoisotopic (exact) mass is 348 g/mol. The number of aryl methyl sites for hydroxylation is 1. The van der Waals surface area contributed by atoms with Gasteiger partial charge < -0.3 is 10.6 Å². The van der Waals surface area contributed by atoms with Crippen LogP contribution in [0, 0.1) is 12.7 Å². The summed E-state index contributed by atoms with van der Waals surface area (Å²) >= 11 is 3.63. The van der Waals surface area contributed by atoms with Gasteiger partial charge in [-0.2, -0.15) is 0 Å². The van der Waals surface area contributed by atoms with Crippen LogP contribution in [0.1, 0.15) is 22.7 Å². The Hall–Kier alpha value is -1.39. The fourth-order valence-corrected chi connectivity index (χ4v) is 3.78. The van der Waals surface area contributed by atoms with Crippen molar-refractivity contribution in [2.45, 2.75) is 19.4 Å². The number of nitrogens with zero attached hydrogens (tertiary/aromatic N) is 1. The van der Waals surface area contributed by atoms with Gasteiger partial charge in [0.15, 0.2) is 0 Å². The third kappa shape index (κ3) is 2.70. The summed E-state index contributed by atoms with van der Waals surface area (Å²) in [5, 5.41) is 0. The summed E-state index contributed by atoms with van der Waals surface area (Å²) < 4.78 is 14.6. The van der Waals surface area contributed by atoms with Gasteiger partial charge in [-0.05, 0) is 48.2 Å². The van der Waals surface area contributed by atoms with Crippen LogP contribution < -0.4 is 10.6 Å². The van der Waals surface area contributed by atoms with Crippen LogP contribution in [0.2, 0.25) is 0 Å². The first-order valence-corrected chi connectivity index (χ1v) is 7.90. The van der Waals surface area contributed by atoms with E-state index >= 15 is 0 Å². The van der Waals surface area contributed by atoms with Crippen molar-refractivity contribution in [1.29, 1.82) is 0 Å². The van der Waals surface area contributed by atoms with Crippen molar-refractivity contribution in [1.82, 2.24) is 0 Å². The van der Waals surface area contributed by atoms with Gasteiger partial charge in [0.25, 0.3) is 0 Å². The lowest BCUT2D eigenvalue weighted by molar-refractivity contribution is 0.621. The predicted molar refractivity (Wildman–Crippen MR) is 88.1 cm³/mol. The van der Waals surface area contributed by atoms with Gasteiger partial charge in [-0.15, -0.1) is 0 Å². The zero-order valence-electron chi connectivity index (χ0n) is 11.9. The van der Waals surface area contributed by atoms with Gasteiger partial charge in [-0.3, -0.25) is 0 Å². The Balaban J connectivity index is 2.01. The first kappa shape index (κ1) is 14.5. The zero-order valence-corrected chi connectivity index (χ0v) is 13.5. The molecule has 0 fully saturated rings. The molecule has 2 aromatic rings. The van der Waals surface area contributed by atoms with Crippen LogP contribution in [0.4, 0.5) is 10.1 Å². The second kappa shape index (κ2) is 5.78. The third-order valence-corrected chi connectivity index (χ3v) is 4.78. The maximum atomic E-state index is 13.6. The molecule has 1 aliphatic heterocycles. The lowest BCUT2D eigenvalue weighted by Crippen LogP contribution is -2.32. The molecular formula is C17H18BrFN2. The SMILES string of the molecule is Cc1ccc(C(CN)N2CCc3ccc(F)cc32)c(Br)c1. The molecule has 1 heterocycles. The van der Waals surface area contributed by atoms with Crippen molar-refractivity contribution < 1.29 is 4.39 Å². The molecule has 0 aliphatic carbocycles. The van der Waals surface area contributed by atoms with Crippen LogP contribution in [-0.2, 0) is 6.42 Å². The highest BCUT2D eigenvalue weighted by molar-refractivity contribution is 9.10. The smallest absolute Gasteiger partial charge is 0.125 e. The lowest BCUT2D eigenvalue weighted by Gasteiger charge is -2.30. The van der Waals surface area contributed by atoms with Gasteiger partial charge in [0.05, 0.1) is 6.04 Å². The van der Waals surface area contributed by atoms with Gasteiger partial charge >= 0.3 is 0 Å². The number of rotatable bonds is 3. The molecule has 110 valence electrons. The maximum Gasteiger partial charge on any atom is 0.125 e. The van der Waals surface area contributed by atoms with E-state index in [0.717, 1.165) is 28.7 Å². The molecule has 1 unspecified atom stereocenters. The molecule has 21 heavy (non-hydrogen) atoms. The third-order valence-electron chi connectivity index (χ3n) is 4.09. The van der Waals surface area contributed by atoms with Crippen LogP contribution in [-0.4, -0.2) is 13.1 Å². The van der Waals surface area contributed by atoms with Crippen LogP contribution in [0.3, 0.4) is 0 Å². The van der Waals surface area contributed by atoms with Gasteiger partial charge in [0.1, 0.15) is 5.82 Å². The van der Waals surface area contributed by atoms with Gasteiger partial charge in [-0.1, -0.05) is 34.1 Å². The first-order chi connectivity index (χ1) is 10.1. The van der Waals surface area contributed by atoms with Crippen molar-refractivity contribution in [2.75, 3.05) is 18.0 Å². The molecule has 2 nitrogen and oxygen atoms in total. The summed E-state index contributed by atoms with van der Waals surface area (Å²) in [5.41, 5.74) is 10.5. The molecule has 2 N–H and O–H groups in total. The number of fused-ring (bicyclic) bond motifs is 1. The first-order valence-electron chi connectivity index (χ1n) is 7.11. The molecule has 0 aromatic heterocycles. The fourth-order valence-electron chi connectivity index (χ4n) is 3.03. The molecule has 0 saturated heterocycles. The highest BCUT2D eigenvalue weighted by Crippen LogP contribution is 2.37. The average Bonchev–Trinajstić information content (AvgIpc) is 2.85. The standard InChI is InChI=1S/C17H18BrFN2/c1-11-2-5-14(15(18)8-11)17(10-20)21-7-6-12-3-4-13(19)9-16(12)21/h2-5,8-9,17H,6-7,10,20H2,1H3. The van der Waals surface area contributed by atoms with Crippen LogP contribution in [0.25, 0.3) is 0 Å². The van der Waals surface area contributed by atoms with E-state index in [4.69, 9.17) is 5.73 Å². The maximum absolute atomic E-state index is 13.6. The quantitative estimate of drug-likeness (QED) is 0.909. The zero-order chi connectivity index (χ0) is 15.0. The number of hydrogen-bond donors (Lipinski definition) is 1. The summed E-state index contributed by atoms with van der Waals surface area (Å²) in [4.78, 5) is 2.22. The Morgan fingerprint density at radius 1 is 1.29 bits per heavy atom. The Morgan fingerprint density at radius 2 is 2.10 bits per heavy atom. The predicted octanol–water partition coefficient (Wildman–Crippen LogP) is 3.96. The number of benzene rings is 2. The molecule has 0 amide bonds. The molecular weight excluding hydrogens is 331 g/mol. The minimum absolute atomic E-state index is 0.0584. The van der Waals surface area contributed by atoms with Crippen molar-refractivity contribution in [2.24, 2.45) is 5.73 Å². The lowest BCUT2D eigenvalue weighted by atomic mass is 10.0. The van der Waals surface area contributed by atoms with E-state index in [1.807, 2.05) is 6.07 Å². The van der Waals surface area contributed by atoms with Crippen LogP contribution in [0.15, 0.2) is 40.9 Å². The molecule has 1 aliphatic rings. The van der Waals surface area contributed by atoms with Gasteiger partial charge in [-0.25, -0.2) is 4.39 Å². The van der Waals surface area contributed by atoms with Crippen LogP contribution >= 0.6 is 15.9 Å². The topological polar surface area (TPSA) is 29.3 Å². The average molecular weight is 349 g/mol. The van der Waals surface area contributed by atoms with E-state index in [-0.39, 0.29) is 11.9 Å². The Bertz CT molecular complexity index is 672. The normalized spacial score (nSPS) is 15.1. The summed E-state index contributed by atoms with van der Waals surface area (Å²) in [6.45, 7) is 3.44. The molecule has 3 rings (SSSR count). The second-order valence-corrected chi connectivity index (χ2v) is 6.35. The molecule has 0 radical (unpaired) electrons. The summed E-state index contributed by atoms with van der Waals surface area (Å²) in [6, 6.07) is 11.4.